The smallest absolute Gasteiger partial charge is 0.178 e. The van der Waals surface area contributed by atoms with E-state index in [1.54, 1.807) is 25.3 Å². The minimum Gasteiger partial charge on any atom is -0.507 e. The van der Waals surface area contributed by atoms with E-state index in [1.165, 1.54) is 0 Å². The molecule has 0 aliphatic rings. The van der Waals surface area contributed by atoms with E-state index in [4.69, 9.17) is 14.0 Å². The van der Waals surface area contributed by atoms with E-state index >= 15 is 0 Å². The van der Waals surface area contributed by atoms with Crippen LogP contribution in [-0.4, -0.2) is 24.0 Å². The summed E-state index contributed by atoms with van der Waals surface area (Å²) in [7, 11) is 1.63. The van der Waals surface area contributed by atoms with Crippen molar-refractivity contribution in [1.82, 2.24) is 5.16 Å². The molecular formula is C21H21NO4. The Morgan fingerprint density at radius 2 is 1.85 bits per heavy atom. The summed E-state index contributed by atoms with van der Waals surface area (Å²) in [6.07, 6.45) is 0. The van der Waals surface area contributed by atoms with Crippen LogP contribution in [0.3, 0.4) is 0 Å². The molecule has 134 valence electrons. The molecule has 0 saturated carbocycles. The maximum atomic E-state index is 10.5. The SMILES string of the molecule is C=C(C)COc1ccc(-c2onc(C)c2-c2ccc(OC)cc2)c(O)c1. The van der Waals surface area contributed by atoms with Gasteiger partial charge in [-0.2, -0.15) is 0 Å². The normalized spacial score (nSPS) is 10.6. The maximum absolute atomic E-state index is 10.5. The van der Waals surface area contributed by atoms with Crippen molar-refractivity contribution in [3.8, 4) is 39.7 Å². The highest BCUT2D eigenvalue weighted by Gasteiger charge is 2.20. The van der Waals surface area contributed by atoms with Crippen LogP contribution in [0.15, 0.2) is 59.1 Å². The number of methoxy groups -OCH3 is 1. The molecule has 1 heterocycles. The van der Waals surface area contributed by atoms with Crippen LogP contribution in [-0.2, 0) is 0 Å². The van der Waals surface area contributed by atoms with Gasteiger partial charge in [0, 0.05) is 6.07 Å². The summed E-state index contributed by atoms with van der Waals surface area (Å²) in [4.78, 5) is 0. The van der Waals surface area contributed by atoms with Crippen molar-refractivity contribution in [1.29, 1.82) is 0 Å². The number of benzene rings is 2. The van der Waals surface area contributed by atoms with Gasteiger partial charge >= 0.3 is 0 Å². The molecule has 0 amide bonds. The standard InChI is InChI=1S/C21H21NO4/c1-13(2)12-25-17-9-10-18(19(23)11-17)21-20(14(3)22-26-21)15-5-7-16(24-4)8-6-15/h5-11,23H,1,12H2,2-4H3. The molecule has 0 aliphatic carbocycles. The van der Waals surface area contributed by atoms with Crippen molar-refractivity contribution in [3.63, 3.8) is 0 Å². The van der Waals surface area contributed by atoms with Crippen LogP contribution in [0.1, 0.15) is 12.6 Å². The fourth-order valence-electron chi connectivity index (χ4n) is 2.65. The lowest BCUT2D eigenvalue weighted by molar-refractivity contribution is 0.349. The molecular weight excluding hydrogens is 330 g/mol. The van der Waals surface area contributed by atoms with E-state index in [0.717, 1.165) is 28.1 Å². The summed E-state index contributed by atoms with van der Waals surface area (Å²) in [6, 6.07) is 12.7. The van der Waals surface area contributed by atoms with Gasteiger partial charge in [-0.3, -0.25) is 0 Å². The monoisotopic (exact) mass is 351 g/mol. The molecule has 3 rings (SSSR count). The number of nitrogens with zero attached hydrogens (tertiary/aromatic N) is 1. The van der Waals surface area contributed by atoms with E-state index in [1.807, 2.05) is 38.1 Å². The average Bonchev–Trinajstić information content (AvgIpc) is 3.01. The van der Waals surface area contributed by atoms with Gasteiger partial charge in [-0.15, -0.1) is 0 Å². The van der Waals surface area contributed by atoms with E-state index in [2.05, 4.69) is 11.7 Å². The van der Waals surface area contributed by atoms with Crippen molar-refractivity contribution in [3.05, 3.63) is 60.3 Å². The first-order chi connectivity index (χ1) is 12.5. The predicted molar refractivity (Wildman–Crippen MR) is 101 cm³/mol. The van der Waals surface area contributed by atoms with Crippen LogP contribution in [0.25, 0.3) is 22.5 Å². The lowest BCUT2D eigenvalue weighted by Gasteiger charge is -2.09. The molecule has 0 saturated heterocycles. The van der Waals surface area contributed by atoms with Crippen molar-refractivity contribution in [2.75, 3.05) is 13.7 Å². The summed E-state index contributed by atoms with van der Waals surface area (Å²) in [5.41, 5.74) is 3.97. The number of aryl methyl sites for hydroxylation is 1. The second-order valence-electron chi connectivity index (χ2n) is 6.13. The molecule has 0 radical (unpaired) electrons. The summed E-state index contributed by atoms with van der Waals surface area (Å²) in [6.45, 7) is 7.95. The van der Waals surface area contributed by atoms with E-state index in [0.29, 0.717) is 23.7 Å². The number of rotatable bonds is 6. The highest BCUT2D eigenvalue weighted by molar-refractivity contribution is 5.84. The molecule has 1 N–H and O–H groups in total. The zero-order chi connectivity index (χ0) is 18.7. The van der Waals surface area contributed by atoms with Crippen molar-refractivity contribution < 1.29 is 19.1 Å². The summed E-state index contributed by atoms with van der Waals surface area (Å²) >= 11 is 0. The molecule has 3 aromatic rings. The van der Waals surface area contributed by atoms with Crippen LogP contribution in [0.2, 0.25) is 0 Å². The van der Waals surface area contributed by atoms with Gasteiger partial charge in [0.1, 0.15) is 23.9 Å². The van der Waals surface area contributed by atoms with Gasteiger partial charge in [0.2, 0.25) is 0 Å². The Labute approximate surface area is 152 Å². The Hall–Kier alpha value is -3.21. The number of hydrogen-bond acceptors (Lipinski definition) is 5. The number of hydrogen-bond donors (Lipinski definition) is 1. The first-order valence-electron chi connectivity index (χ1n) is 8.21. The first kappa shape index (κ1) is 17.6. The Kier molecular flexibility index (Phi) is 4.98. The molecule has 0 spiro atoms. The minimum absolute atomic E-state index is 0.0649. The third-order valence-corrected chi connectivity index (χ3v) is 3.94. The lowest BCUT2D eigenvalue weighted by atomic mass is 9.99. The van der Waals surface area contributed by atoms with Crippen LogP contribution in [0.4, 0.5) is 0 Å². The number of ether oxygens (including phenoxy) is 2. The third kappa shape index (κ3) is 3.57. The van der Waals surface area contributed by atoms with Crippen LogP contribution in [0.5, 0.6) is 17.2 Å². The van der Waals surface area contributed by atoms with Crippen LogP contribution >= 0.6 is 0 Å². The number of aromatic hydroxyl groups is 1. The van der Waals surface area contributed by atoms with Crippen molar-refractivity contribution in [2.45, 2.75) is 13.8 Å². The molecule has 0 bridgehead atoms. The fourth-order valence-corrected chi connectivity index (χ4v) is 2.65. The van der Waals surface area contributed by atoms with Crippen molar-refractivity contribution >= 4 is 0 Å². The number of phenolic OH excluding ortho intramolecular Hbond substituents is 1. The molecule has 0 aliphatic heterocycles. The minimum atomic E-state index is 0.0649. The van der Waals surface area contributed by atoms with Gasteiger partial charge in [-0.05, 0) is 49.2 Å². The van der Waals surface area contributed by atoms with Gasteiger partial charge in [0.05, 0.1) is 23.9 Å². The Morgan fingerprint density at radius 1 is 1.15 bits per heavy atom. The lowest BCUT2D eigenvalue weighted by Crippen LogP contribution is -1.97. The average molecular weight is 351 g/mol. The summed E-state index contributed by atoms with van der Waals surface area (Å²) in [5, 5.41) is 14.5. The second-order valence-corrected chi connectivity index (χ2v) is 6.13. The van der Waals surface area contributed by atoms with Crippen LogP contribution in [0, 0.1) is 6.92 Å². The largest absolute Gasteiger partial charge is 0.507 e. The van der Waals surface area contributed by atoms with Crippen LogP contribution < -0.4 is 9.47 Å². The third-order valence-electron chi connectivity index (χ3n) is 3.94. The maximum Gasteiger partial charge on any atom is 0.178 e. The highest BCUT2D eigenvalue weighted by Crippen LogP contribution is 2.40. The second kappa shape index (κ2) is 7.35. The molecule has 0 fully saturated rings. The Morgan fingerprint density at radius 3 is 2.46 bits per heavy atom. The first-order valence-corrected chi connectivity index (χ1v) is 8.21. The van der Waals surface area contributed by atoms with E-state index in [-0.39, 0.29) is 5.75 Å². The summed E-state index contributed by atoms with van der Waals surface area (Å²) in [5.74, 6) is 1.91. The Balaban J connectivity index is 1.98. The summed E-state index contributed by atoms with van der Waals surface area (Å²) < 4.78 is 16.3. The van der Waals surface area contributed by atoms with E-state index < -0.39 is 0 Å². The van der Waals surface area contributed by atoms with Gasteiger partial charge in [0.15, 0.2) is 5.76 Å². The molecule has 1 aromatic heterocycles. The molecule has 5 heteroatoms. The predicted octanol–water partition coefficient (Wildman–Crippen LogP) is 4.99. The molecule has 5 nitrogen and oxygen atoms in total. The van der Waals surface area contributed by atoms with Crippen molar-refractivity contribution in [2.24, 2.45) is 0 Å². The van der Waals surface area contributed by atoms with Gasteiger partial charge in [0.25, 0.3) is 0 Å². The van der Waals surface area contributed by atoms with Gasteiger partial charge < -0.3 is 19.1 Å². The number of aromatic nitrogens is 1. The van der Waals surface area contributed by atoms with Gasteiger partial charge in [-0.25, -0.2) is 0 Å². The zero-order valence-corrected chi connectivity index (χ0v) is 15.1. The Bertz CT molecular complexity index is 926. The van der Waals surface area contributed by atoms with E-state index in [9.17, 15) is 5.11 Å². The molecule has 0 atom stereocenters. The molecule has 0 unspecified atom stereocenters. The highest BCUT2D eigenvalue weighted by atomic mass is 16.5. The van der Waals surface area contributed by atoms with Gasteiger partial charge in [-0.1, -0.05) is 23.9 Å². The topological polar surface area (TPSA) is 64.7 Å². The zero-order valence-electron chi connectivity index (χ0n) is 15.1. The fraction of sp³-hybridized carbons (Fsp3) is 0.190. The quantitative estimate of drug-likeness (QED) is 0.634. The molecule has 26 heavy (non-hydrogen) atoms. The molecule has 2 aromatic carbocycles. The number of phenols is 1.